The summed E-state index contributed by atoms with van der Waals surface area (Å²) >= 11 is 0. The summed E-state index contributed by atoms with van der Waals surface area (Å²) in [7, 11) is -3.72. The van der Waals surface area contributed by atoms with Gasteiger partial charge in [-0.3, -0.25) is 9.69 Å². The van der Waals surface area contributed by atoms with Crippen molar-refractivity contribution in [2.45, 2.75) is 18.2 Å². The highest BCUT2D eigenvalue weighted by Crippen LogP contribution is 2.28. The Kier molecular flexibility index (Phi) is 6.55. The minimum Gasteiger partial charge on any atom is -0.330 e. The van der Waals surface area contributed by atoms with Crippen molar-refractivity contribution >= 4 is 34.0 Å². The molecule has 1 saturated heterocycles. The standard InChI is InChI=1S/C14H22N4O3S.ClH/c1-14(9-15)6-7-18(10-14)8-13(19)17-11-2-4-12(5-3-11)22(16,20)21;/h2-5H,6-10,15H2,1H3,(H,17,19)(H2,16,20,21);1H. The summed E-state index contributed by atoms with van der Waals surface area (Å²) in [5.74, 6) is -0.135. The van der Waals surface area contributed by atoms with E-state index in [1.54, 1.807) is 0 Å². The summed E-state index contributed by atoms with van der Waals surface area (Å²) < 4.78 is 22.3. The fraction of sp³-hybridized carbons (Fsp3) is 0.500. The summed E-state index contributed by atoms with van der Waals surface area (Å²) in [5, 5.41) is 7.77. The molecule has 130 valence electrons. The topological polar surface area (TPSA) is 119 Å². The van der Waals surface area contributed by atoms with Crippen LogP contribution < -0.4 is 16.2 Å². The van der Waals surface area contributed by atoms with Gasteiger partial charge < -0.3 is 11.1 Å². The van der Waals surface area contributed by atoms with E-state index in [4.69, 9.17) is 10.9 Å². The van der Waals surface area contributed by atoms with Crippen molar-refractivity contribution < 1.29 is 13.2 Å². The van der Waals surface area contributed by atoms with Gasteiger partial charge in [-0.2, -0.15) is 0 Å². The molecule has 1 aromatic carbocycles. The predicted molar refractivity (Wildman–Crippen MR) is 91.9 cm³/mol. The third kappa shape index (κ3) is 5.43. The number of amides is 1. The smallest absolute Gasteiger partial charge is 0.238 e. The van der Waals surface area contributed by atoms with Crippen LogP contribution >= 0.6 is 12.4 Å². The van der Waals surface area contributed by atoms with Crippen LogP contribution in [-0.4, -0.2) is 45.4 Å². The van der Waals surface area contributed by atoms with Crippen LogP contribution in [0.2, 0.25) is 0 Å². The Morgan fingerprint density at radius 2 is 1.96 bits per heavy atom. The van der Waals surface area contributed by atoms with Gasteiger partial charge in [-0.1, -0.05) is 6.92 Å². The Labute approximate surface area is 142 Å². The zero-order valence-corrected chi connectivity index (χ0v) is 14.6. The van der Waals surface area contributed by atoms with Crippen LogP contribution in [0.1, 0.15) is 13.3 Å². The maximum absolute atomic E-state index is 12.0. The van der Waals surface area contributed by atoms with Gasteiger partial charge in [-0.15, -0.1) is 12.4 Å². The Morgan fingerprint density at radius 3 is 2.43 bits per heavy atom. The van der Waals surface area contributed by atoms with Crippen LogP contribution in [0.5, 0.6) is 0 Å². The van der Waals surface area contributed by atoms with Crippen molar-refractivity contribution in [2.75, 3.05) is 31.5 Å². The third-order valence-electron chi connectivity index (χ3n) is 3.96. The molecule has 0 spiro atoms. The zero-order chi connectivity index (χ0) is 16.4. The van der Waals surface area contributed by atoms with Crippen molar-refractivity contribution in [3.05, 3.63) is 24.3 Å². The number of nitrogens with zero attached hydrogens (tertiary/aromatic N) is 1. The molecule has 5 N–H and O–H groups in total. The minimum absolute atomic E-state index is 0. The van der Waals surface area contributed by atoms with Gasteiger partial charge in [0.25, 0.3) is 0 Å². The van der Waals surface area contributed by atoms with Crippen molar-refractivity contribution in [3.63, 3.8) is 0 Å². The highest BCUT2D eigenvalue weighted by Gasteiger charge is 2.33. The number of hydrogen-bond acceptors (Lipinski definition) is 5. The van der Waals surface area contributed by atoms with Gasteiger partial charge in [0.05, 0.1) is 11.4 Å². The Balaban J connectivity index is 0.00000264. The van der Waals surface area contributed by atoms with Gasteiger partial charge in [0, 0.05) is 12.2 Å². The summed E-state index contributed by atoms with van der Waals surface area (Å²) in [6.07, 6.45) is 0.986. The van der Waals surface area contributed by atoms with Gasteiger partial charge in [-0.05, 0) is 49.2 Å². The maximum Gasteiger partial charge on any atom is 0.238 e. The molecule has 23 heavy (non-hydrogen) atoms. The van der Waals surface area contributed by atoms with Gasteiger partial charge >= 0.3 is 0 Å². The fourth-order valence-corrected chi connectivity index (χ4v) is 3.07. The first-order valence-corrected chi connectivity index (χ1v) is 8.62. The lowest BCUT2D eigenvalue weighted by Gasteiger charge is -2.22. The number of halogens is 1. The monoisotopic (exact) mass is 362 g/mol. The van der Waals surface area contributed by atoms with Crippen molar-refractivity contribution in [1.29, 1.82) is 0 Å². The second kappa shape index (κ2) is 7.59. The van der Waals surface area contributed by atoms with Crippen LogP contribution in [0.4, 0.5) is 5.69 Å². The van der Waals surface area contributed by atoms with E-state index in [1.165, 1.54) is 24.3 Å². The molecule has 7 nitrogen and oxygen atoms in total. The summed E-state index contributed by atoms with van der Waals surface area (Å²) in [6.45, 7) is 4.69. The molecule has 1 atom stereocenters. The lowest BCUT2D eigenvalue weighted by Crippen LogP contribution is -2.35. The number of anilines is 1. The Bertz CT molecular complexity index is 650. The van der Waals surface area contributed by atoms with Gasteiger partial charge in [0.1, 0.15) is 0 Å². The number of primary sulfonamides is 1. The van der Waals surface area contributed by atoms with Crippen molar-refractivity contribution in [1.82, 2.24) is 4.90 Å². The second-order valence-electron chi connectivity index (χ2n) is 6.09. The quantitative estimate of drug-likeness (QED) is 0.699. The number of nitrogens with one attached hydrogen (secondary N) is 1. The average Bonchev–Trinajstić information content (AvgIpc) is 2.80. The number of nitrogens with two attached hydrogens (primary N) is 2. The SMILES string of the molecule is CC1(CN)CCN(CC(=O)Nc2ccc(S(N)(=O)=O)cc2)C1.Cl. The lowest BCUT2D eigenvalue weighted by molar-refractivity contribution is -0.117. The van der Waals surface area contributed by atoms with Crippen molar-refractivity contribution in [2.24, 2.45) is 16.3 Å². The van der Waals surface area contributed by atoms with E-state index < -0.39 is 10.0 Å². The van der Waals surface area contributed by atoms with Crippen LogP contribution in [0.15, 0.2) is 29.2 Å². The molecule has 1 aromatic rings. The summed E-state index contributed by atoms with van der Waals surface area (Å²) in [5.41, 5.74) is 6.37. The molecular formula is C14H23ClN4O3S. The molecule has 1 fully saturated rings. The predicted octanol–water partition coefficient (Wildman–Crippen LogP) is 0.365. The summed E-state index contributed by atoms with van der Waals surface area (Å²) in [4.78, 5) is 14.1. The highest BCUT2D eigenvalue weighted by molar-refractivity contribution is 7.89. The summed E-state index contributed by atoms with van der Waals surface area (Å²) in [6, 6.07) is 5.77. The van der Waals surface area contributed by atoms with Gasteiger partial charge in [0.15, 0.2) is 0 Å². The molecule has 0 bridgehead atoms. The number of benzene rings is 1. The van der Waals surface area contributed by atoms with Gasteiger partial charge in [-0.25, -0.2) is 13.6 Å². The molecule has 0 aromatic heterocycles. The molecule has 0 radical (unpaired) electrons. The molecule has 1 heterocycles. The molecule has 0 aliphatic carbocycles. The van der Waals surface area contributed by atoms with Crippen LogP contribution in [0.25, 0.3) is 0 Å². The maximum atomic E-state index is 12.0. The largest absolute Gasteiger partial charge is 0.330 e. The number of carbonyl (C=O) groups excluding carboxylic acids is 1. The first-order chi connectivity index (χ1) is 10.2. The molecule has 0 saturated carbocycles. The van der Waals surface area contributed by atoms with E-state index in [1.807, 2.05) is 0 Å². The zero-order valence-electron chi connectivity index (χ0n) is 13.0. The van der Waals surface area contributed by atoms with Crippen LogP contribution in [0.3, 0.4) is 0 Å². The average molecular weight is 363 g/mol. The van der Waals surface area contributed by atoms with Gasteiger partial charge in [0.2, 0.25) is 15.9 Å². The van der Waals surface area contributed by atoms with Crippen LogP contribution in [-0.2, 0) is 14.8 Å². The third-order valence-corrected chi connectivity index (χ3v) is 4.89. The normalized spacial score (nSPS) is 21.7. The molecule has 2 rings (SSSR count). The second-order valence-corrected chi connectivity index (χ2v) is 7.65. The van der Waals surface area contributed by atoms with E-state index in [9.17, 15) is 13.2 Å². The molecule has 1 aliphatic rings. The molecule has 1 amide bonds. The Hall–Kier alpha value is -1.19. The van der Waals surface area contributed by atoms with E-state index >= 15 is 0 Å². The van der Waals surface area contributed by atoms with Crippen LogP contribution in [0, 0.1) is 5.41 Å². The molecule has 1 aliphatic heterocycles. The fourth-order valence-electron chi connectivity index (χ4n) is 2.56. The first-order valence-electron chi connectivity index (χ1n) is 7.07. The minimum atomic E-state index is -3.72. The van der Waals surface area contributed by atoms with Crippen molar-refractivity contribution in [3.8, 4) is 0 Å². The van der Waals surface area contributed by atoms with E-state index in [0.29, 0.717) is 18.8 Å². The number of likely N-dealkylation sites (tertiary alicyclic amines) is 1. The number of carbonyl (C=O) groups is 1. The molecule has 9 heteroatoms. The van der Waals surface area contributed by atoms with E-state index in [0.717, 1.165) is 19.5 Å². The van der Waals surface area contributed by atoms with E-state index in [2.05, 4.69) is 17.1 Å². The first kappa shape index (κ1) is 19.9. The van der Waals surface area contributed by atoms with E-state index in [-0.39, 0.29) is 28.6 Å². The molecular weight excluding hydrogens is 340 g/mol. The highest BCUT2D eigenvalue weighted by atomic mass is 35.5. The number of sulfonamides is 1. The number of rotatable bonds is 5. The lowest BCUT2D eigenvalue weighted by atomic mass is 9.90. The number of hydrogen-bond donors (Lipinski definition) is 3. The Morgan fingerprint density at radius 1 is 1.35 bits per heavy atom. The molecule has 1 unspecified atom stereocenters.